The summed E-state index contributed by atoms with van der Waals surface area (Å²) >= 11 is 0. The van der Waals surface area contributed by atoms with E-state index in [0.717, 1.165) is 12.2 Å². The van der Waals surface area contributed by atoms with Gasteiger partial charge in [-0.05, 0) is 60.5 Å². The van der Waals surface area contributed by atoms with E-state index < -0.39 is 0 Å². The van der Waals surface area contributed by atoms with E-state index in [-0.39, 0.29) is 0 Å². The van der Waals surface area contributed by atoms with E-state index in [1.807, 2.05) is 6.07 Å². The Morgan fingerprint density at radius 1 is 1.05 bits per heavy atom. The topological polar surface area (TPSA) is 35.2 Å². The first-order valence-electron chi connectivity index (χ1n) is 8.10. The van der Waals surface area contributed by atoms with Crippen molar-refractivity contribution in [3.63, 3.8) is 0 Å². The lowest BCUT2D eigenvalue weighted by atomic mass is 9.92. The predicted octanol–water partition coefficient (Wildman–Crippen LogP) is 4.63. The molecule has 0 aliphatic heterocycles. The second-order valence-electron chi connectivity index (χ2n) is 6.15. The molecule has 0 heterocycles. The molecule has 0 saturated heterocycles. The van der Waals surface area contributed by atoms with Gasteiger partial charge in [-0.3, -0.25) is 0 Å². The van der Waals surface area contributed by atoms with E-state index in [0.29, 0.717) is 25.0 Å². The number of rotatable bonds is 7. The second-order valence-corrected chi connectivity index (χ2v) is 6.15. The van der Waals surface area contributed by atoms with Crippen molar-refractivity contribution < 1.29 is 4.74 Å². The molecule has 0 radical (unpaired) electrons. The molecule has 0 amide bonds. The number of hydrogen-bond donors (Lipinski definition) is 1. The highest BCUT2D eigenvalue weighted by atomic mass is 16.5. The number of benzene rings is 2. The van der Waals surface area contributed by atoms with Crippen molar-refractivity contribution in [1.82, 2.24) is 0 Å². The Balaban J connectivity index is 1.95. The Kier molecular flexibility index (Phi) is 6.02. The fraction of sp³-hybridized carbons (Fsp3) is 0.400. The van der Waals surface area contributed by atoms with Crippen LogP contribution in [0, 0.1) is 6.92 Å². The molecule has 0 aliphatic rings. The highest BCUT2D eigenvalue weighted by Gasteiger charge is 2.12. The molecule has 22 heavy (non-hydrogen) atoms. The van der Waals surface area contributed by atoms with Gasteiger partial charge in [0.05, 0.1) is 6.61 Å². The van der Waals surface area contributed by atoms with Crippen LogP contribution in [-0.4, -0.2) is 13.2 Å². The zero-order chi connectivity index (χ0) is 15.9. The van der Waals surface area contributed by atoms with E-state index in [1.165, 1.54) is 16.7 Å². The van der Waals surface area contributed by atoms with Crippen molar-refractivity contribution in [2.24, 2.45) is 5.73 Å². The molecule has 2 rings (SSSR count). The van der Waals surface area contributed by atoms with Crippen molar-refractivity contribution >= 4 is 0 Å². The average Bonchev–Trinajstić information content (AvgIpc) is 2.53. The van der Waals surface area contributed by atoms with Gasteiger partial charge in [-0.15, -0.1) is 0 Å². The van der Waals surface area contributed by atoms with Gasteiger partial charge in [-0.25, -0.2) is 0 Å². The lowest BCUT2D eigenvalue weighted by Crippen LogP contribution is -2.16. The summed E-state index contributed by atoms with van der Waals surface area (Å²) in [5, 5.41) is 0. The van der Waals surface area contributed by atoms with Crippen molar-refractivity contribution in [3.05, 3.63) is 65.2 Å². The van der Waals surface area contributed by atoms with Gasteiger partial charge in [0, 0.05) is 0 Å². The fourth-order valence-corrected chi connectivity index (χ4v) is 2.73. The predicted molar refractivity (Wildman–Crippen MR) is 93.6 cm³/mol. The first-order valence-corrected chi connectivity index (χ1v) is 8.10. The molecule has 1 atom stereocenters. The molecule has 2 nitrogen and oxygen atoms in total. The molecule has 0 bridgehead atoms. The van der Waals surface area contributed by atoms with E-state index >= 15 is 0 Å². The maximum absolute atomic E-state index is 5.96. The van der Waals surface area contributed by atoms with Gasteiger partial charge in [0.1, 0.15) is 5.75 Å². The molecule has 2 N–H and O–H groups in total. The molecule has 118 valence electrons. The molecule has 0 fully saturated rings. The Morgan fingerprint density at radius 2 is 1.82 bits per heavy atom. The largest absolute Gasteiger partial charge is 0.494 e. The maximum Gasteiger partial charge on any atom is 0.119 e. The van der Waals surface area contributed by atoms with Gasteiger partial charge in [-0.2, -0.15) is 0 Å². The Labute approximate surface area is 134 Å². The molecule has 0 aliphatic carbocycles. The minimum Gasteiger partial charge on any atom is -0.494 e. The zero-order valence-corrected chi connectivity index (χ0v) is 13.9. The smallest absolute Gasteiger partial charge is 0.119 e. The van der Waals surface area contributed by atoms with Gasteiger partial charge >= 0.3 is 0 Å². The van der Waals surface area contributed by atoms with Crippen LogP contribution in [0.2, 0.25) is 0 Å². The minimum atomic E-state index is 0.356. The molecular formula is C20H27NO. The third kappa shape index (κ3) is 4.35. The first kappa shape index (κ1) is 16.6. The van der Waals surface area contributed by atoms with Crippen molar-refractivity contribution in [3.8, 4) is 5.75 Å². The quantitative estimate of drug-likeness (QED) is 0.808. The number of aryl methyl sites for hydroxylation is 1. The van der Waals surface area contributed by atoms with Crippen LogP contribution in [0.3, 0.4) is 0 Å². The molecule has 2 heteroatoms. The monoisotopic (exact) mass is 297 g/mol. The normalized spacial score (nSPS) is 12.4. The summed E-state index contributed by atoms with van der Waals surface area (Å²) in [6.45, 7) is 7.88. The maximum atomic E-state index is 5.96. The third-order valence-electron chi connectivity index (χ3n) is 4.17. The standard InChI is InChI=1S/C20H27NO/c1-15(2)17-8-6-9-19(13-17)22-12-11-18(14-21)20-10-5-4-7-16(20)3/h4-10,13,15,18H,11-12,14,21H2,1-3H3. The molecule has 1 unspecified atom stereocenters. The van der Waals surface area contributed by atoms with E-state index in [1.54, 1.807) is 0 Å². The van der Waals surface area contributed by atoms with Gasteiger partial charge < -0.3 is 10.5 Å². The summed E-state index contributed by atoms with van der Waals surface area (Å²) in [7, 11) is 0. The Bertz CT molecular complexity index is 592. The van der Waals surface area contributed by atoms with Crippen LogP contribution in [0.5, 0.6) is 5.75 Å². The zero-order valence-electron chi connectivity index (χ0n) is 13.9. The van der Waals surface area contributed by atoms with E-state index in [9.17, 15) is 0 Å². The highest BCUT2D eigenvalue weighted by Crippen LogP contribution is 2.24. The summed E-state index contributed by atoms with van der Waals surface area (Å²) in [6, 6.07) is 16.8. The summed E-state index contributed by atoms with van der Waals surface area (Å²) in [5.41, 5.74) is 9.92. The SMILES string of the molecule is Cc1ccccc1C(CN)CCOc1cccc(C(C)C)c1. The number of hydrogen-bond acceptors (Lipinski definition) is 2. The lowest BCUT2D eigenvalue weighted by molar-refractivity contribution is 0.298. The van der Waals surface area contributed by atoms with Crippen LogP contribution in [0.1, 0.15) is 48.8 Å². The van der Waals surface area contributed by atoms with Crippen LogP contribution in [0.25, 0.3) is 0 Å². The summed E-state index contributed by atoms with van der Waals surface area (Å²) in [4.78, 5) is 0. The molecular weight excluding hydrogens is 270 g/mol. The Morgan fingerprint density at radius 3 is 2.50 bits per heavy atom. The van der Waals surface area contributed by atoms with Gasteiger partial charge in [0.15, 0.2) is 0 Å². The second kappa shape index (κ2) is 8.00. The van der Waals surface area contributed by atoms with E-state index in [4.69, 9.17) is 10.5 Å². The Hall–Kier alpha value is -1.80. The first-order chi connectivity index (χ1) is 10.6. The minimum absolute atomic E-state index is 0.356. The van der Waals surface area contributed by atoms with Crippen LogP contribution in [0.15, 0.2) is 48.5 Å². The lowest BCUT2D eigenvalue weighted by Gasteiger charge is -2.18. The number of nitrogens with two attached hydrogens (primary N) is 1. The number of ether oxygens (including phenoxy) is 1. The average molecular weight is 297 g/mol. The van der Waals surface area contributed by atoms with Crippen LogP contribution in [0.4, 0.5) is 0 Å². The van der Waals surface area contributed by atoms with Gasteiger partial charge in [0.2, 0.25) is 0 Å². The van der Waals surface area contributed by atoms with Crippen LogP contribution < -0.4 is 10.5 Å². The van der Waals surface area contributed by atoms with Crippen molar-refractivity contribution in [1.29, 1.82) is 0 Å². The molecule has 0 spiro atoms. The fourth-order valence-electron chi connectivity index (χ4n) is 2.73. The molecule has 2 aromatic carbocycles. The molecule has 2 aromatic rings. The van der Waals surface area contributed by atoms with Crippen LogP contribution >= 0.6 is 0 Å². The molecule has 0 saturated carbocycles. The van der Waals surface area contributed by atoms with Gasteiger partial charge in [-0.1, -0.05) is 50.2 Å². The highest BCUT2D eigenvalue weighted by molar-refractivity contribution is 5.31. The molecule has 0 aromatic heterocycles. The summed E-state index contributed by atoms with van der Waals surface area (Å²) in [6.07, 6.45) is 0.938. The van der Waals surface area contributed by atoms with Crippen molar-refractivity contribution in [2.75, 3.05) is 13.2 Å². The summed E-state index contributed by atoms with van der Waals surface area (Å²) in [5.74, 6) is 1.83. The van der Waals surface area contributed by atoms with Crippen molar-refractivity contribution in [2.45, 2.75) is 39.0 Å². The van der Waals surface area contributed by atoms with Crippen LogP contribution in [-0.2, 0) is 0 Å². The van der Waals surface area contributed by atoms with Gasteiger partial charge in [0.25, 0.3) is 0 Å². The summed E-state index contributed by atoms with van der Waals surface area (Å²) < 4.78 is 5.93. The van der Waals surface area contributed by atoms with E-state index in [2.05, 4.69) is 63.2 Å². The third-order valence-corrected chi connectivity index (χ3v) is 4.17.